The van der Waals surface area contributed by atoms with Crippen molar-refractivity contribution >= 4 is 10.0 Å². The first kappa shape index (κ1) is 8.96. The van der Waals surface area contributed by atoms with E-state index < -0.39 is 10.0 Å². The molecule has 0 aliphatic carbocycles. The van der Waals surface area contributed by atoms with E-state index in [1.807, 2.05) is 0 Å². The molecule has 0 bridgehead atoms. The Kier molecular flexibility index (Phi) is 2.86. The van der Waals surface area contributed by atoms with Gasteiger partial charge in [0.25, 0.3) is 0 Å². The second-order valence-electron chi connectivity index (χ2n) is 2.87. The molecular formula is C6H13N2O2S. The SMILES string of the molecule is [NH]S(=O)(=O)CCN1CCCC1. The van der Waals surface area contributed by atoms with E-state index >= 15 is 0 Å². The molecule has 5 heteroatoms. The highest BCUT2D eigenvalue weighted by Crippen LogP contribution is 2.06. The first-order valence-electron chi connectivity index (χ1n) is 3.77. The van der Waals surface area contributed by atoms with Crippen molar-refractivity contribution in [2.45, 2.75) is 12.8 Å². The summed E-state index contributed by atoms with van der Waals surface area (Å²) in [6, 6.07) is 0. The zero-order valence-corrected chi connectivity index (χ0v) is 7.23. The summed E-state index contributed by atoms with van der Waals surface area (Å²) in [5.74, 6) is -0.0208. The predicted octanol–water partition coefficient (Wildman–Crippen LogP) is -0.305. The fourth-order valence-electron chi connectivity index (χ4n) is 1.26. The minimum atomic E-state index is -3.50. The molecule has 1 radical (unpaired) electrons. The molecule has 1 N–H and O–H groups in total. The van der Waals surface area contributed by atoms with Crippen molar-refractivity contribution in [3.63, 3.8) is 0 Å². The van der Waals surface area contributed by atoms with E-state index in [4.69, 9.17) is 5.14 Å². The minimum absolute atomic E-state index is 0.0208. The van der Waals surface area contributed by atoms with Crippen molar-refractivity contribution in [1.82, 2.24) is 10.0 Å². The van der Waals surface area contributed by atoms with Gasteiger partial charge in [0, 0.05) is 6.54 Å². The molecule has 1 fully saturated rings. The molecule has 1 aliphatic rings. The van der Waals surface area contributed by atoms with Gasteiger partial charge in [0.1, 0.15) is 0 Å². The molecule has 0 aromatic carbocycles. The summed E-state index contributed by atoms with van der Waals surface area (Å²) < 4.78 is 20.9. The molecule has 11 heavy (non-hydrogen) atoms. The van der Waals surface area contributed by atoms with Gasteiger partial charge in [-0.05, 0) is 25.9 Å². The van der Waals surface area contributed by atoms with E-state index in [0.717, 1.165) is 25.9 Å². The van der Waals surface area contributed by atoms with E-state index in [1.165, 1.54) is 0 Å². The van der Waals surface area contributed by atoms with E-state index in [1.54, 1.807) is 0 Å². The van der Waals surface area contributed by atoms with Crippen LogP contribution < -0.4 is 5.14 Å². The largest absolute Gasteiger partial charge is 0.302 e. The molecule has 0 aromatic rings. The van der Waals surface area contributed by atoms with Crippen molar-refractivity contribution in [3.8, 4) is 0 Å². The molecule has 0 amide bonds. The van der Waals surface area contributed by atoms with Crippen LogP contribution in [-0.4, -0.2) is 38.7 Å². The Balaban J connectivity index is 2.22. The fourth-order valence-corrected chi connectivity index (χ4v) is 1.75. The molecular weight excluding hydrogens is 164 g/mol. The van der Waals surface area contributed by atoms with Gasteiger partial charge in [-0.15, -0.1) is 5.14 Å². The molecule has 0 spiro atoms. The van der Waals surface area contributed by atoms with Crippen molar-refractivity contribution < 1.29 is 8.42 Å². The van der Waals surface area contributed by atoms with Crippen LogP contribution in [0.4, 0.5) is 0 Å². The Morgan fingerprint density at radius 2 is 1.82 bits per heavy atom. The first-order valence-corrected chi connectivity index (χ1v) is 5.43. The van der Waals surface area contributed by atoms with Crippen LogP contribution in [0.2, 0.25) is 0 Å². The van der Waals surface area contributed by atoms with Crippen LogP contribution in [0.15, 0.2) is 0 Å². The molecule has 0 saturated carbocycles. The van der Waals surface area contributed by atoms with Crippen LogP contribution in [0.25, 0.3) is 0 Å². The fraction of sp³-hybridized carbons (Fsp3) is 1.00. The van der Waals surface area contributed by atoms with Crippen LogP contribution in [0.3, 0.4) is 0 Å². The second kappa shape index (κ2) is 3.51. The van der Waals surface area contributed by atoms with Crippen molar-refractivity contribution in [3.05, 3.63) is 0 Å². The van der Waals surface area contributed by atoms with Crippen LogP contribution in [0.1, 0.15) is 12.8 Å². The third-order valence-electron chi connectivity index (χ3n) is 1.87. The normalized spacial score (nSPS) is 20.8. The van der Waals surface area contributed by atoms with Crippen LogP contribution in [0, 0.1) is 0 Å². The lowest BCUT2D eigenvalue weighted by Gasteiger charge is -2.12. The maximum Gasteiger partial charge on any atom is 0.226 e. The number of likely N-dealkylation sites (tertiary alicyclic amines) is 1. The Bertz CT molecular complexity index is 207. The van der Waals surface area contributed by atoms with Gasteiger partial charge < -0.3 is 4.90 Å². The molecule has 1 rings (SSSR count). The highest BCUT2D eigenvalue weighted by atomic mass is 32.2. The Hall–Kier alpha value is -0.130. The number of hydrogen-bond donors (Lipinski definition) is 0. The minimum Gasteiger partial charge on any atom is -0.302 e. The summed E-state index contributed by atoms with van der Waals surface area (Å²) in [5, 5.41) is 6.64. The summed E-state index contributed by atoms with van der Waals surface area (Å²) in [5.41, 5.74) is 0. The average molecular weight is 177 g/mol. The van der Waals surface area contributed by atoms with Gasteiger partial charge in [-0.2, -0.15) is 0 Å². The summed E-state index contributed by atoms with van der Waals surface area (Å²) in [7, 11) is -3.50. The Morgan fingerprint density at radius 1 is 1.27 bits per heavy atom. The Morgan fingerprint density at radius 3 is 2.27 bits per heavy atom. The monoisotopic (exact) mass is 177 g/mol. The maximum absolute atomic E-state index is 10.4. The van der Waals surface area contributed by atoms with Gasteiger partial charge >= 0.3 is 0 Å². The van der Waals surface area contributed by atoms with Gasteiger partial charge in [-0.3, -0.25) is 0 Å². The summed E-state index contributed by atoms with van der Waals surface area (Å²) >= 11 is 0. The topological polar surface area (TPSA) is 61.2 Å². The molecule has 65 valence electrons. The summed E-state index contributed by atoms with van der Waals surface area (Å²) in [6.45, 7) is 2.52. The van der Waals surface area contributed by atoms with Gasteiger partial charge in [0.05, 0.1) is 5.75 Å². The molecule has 4 nitrogen and oxygen atoms in total. The molecule has 0 unspecified atom stereocenters. The van der Waals surface area contributed by atoms with Crippen molar-refractivity contribution in [2.75, 3.05) is 25.4 Å². The lowest BCUT2D eigenvalue weighted by Crippen LogP contribution is -2.26. The maximum atomic E-state index is 10.4. The average Bonchev–Trinajstić information content (AvgIpc) is 2.32. The third kappa shape index (κ3) is 3.69. The first-order chi connectivity index (χ1) is 5.08. The standard InChI is InChI=1S/C6H13N2O2S/c7-11(9,10)6-5-8-3-1-2-4-8/h7H,1-6H2. The number of rotatable bonds is 3. The number of nitrogens with zero attached hydrogens (tertiary/aromatic N) is 1. The second-order valence-corrected chi connectivity index (χ2v) is 4.51. The highest BCUT2D eigenvalue weighted by molar-refractivity contribution is 7.88. The van der Waals surface area contributed by atoms with E-state index in [0.29, 0.717) is 6.54 Å². The molecule has 1 heterocycles. The van der Waals surface area contributed by atoms with Crippen molar-refractivity contribution in [2.24, 2.45) is 0 Å². The van der Waals surface area contributed by atoms with Crippen LogP contribution in [0.5, 0.6) is 0 Å². The van der Waals surface area contributed by atoms with Crippen molar-refractivity contribution in [1.29, 1.82) is 0 Å². The lowest BCUT2D eigenvalue weighted by molar-refractivity contribution is 0.359. The smallest absolute Gasteiger partial charge is 0.226 e. The quantitative estimate of drug-likeness (QED) is 0.594. The Labute approximate surface area is 67.4 Å². The number of nitrogens with one attached hydrogen (secondary N) is 1. The van der Waals surface area contributed by atoms with E-state index in [9.17, 15) is 8.42 Å². The molecule has 0 aromatic heterocycles. The zero-order valence-electron chi connectivity index (χ0n) is 6.41. The third-order valence-corrected chi connectivity index (χ3v) is 2.59. The van der Waals surface area contributed by atoms with Crippen LogP contribution >= 0.6 is 0 Å². The summed E-state index contributed by atoms with van der Waals surface area (Å²) in [4.78, 5) is 2.09. The number of hydrogen-bond acceptors (Lipinski definition) is 3. The van der Waals surface area contributed by atoms with Gasteiger partial charge in [0.2, 0.25) is 10.0 Å². The van der Waals surface area contributed by atoms with Gasteiger partial charge in [-0.1, -0.05) is 0 Å². The van der Waals surface area contributed by atoms with Gasteiger partial charge in [0.15, 0.2) is 0 Å². The molecule has 0 atom stereocenters. The predicted molar refractivity (Wildman–Crippen MR) is 42.6 cm³/mol. The number of sulfonamides is 1. The lowest BCUT2D eigenvalue weighted by atomic mass is 10.4. The van der Waals surface area contributed by atoms with E-state index in [-0.39, 0.29) is 5.75 Å². The zero-order chi connectivity index (χ0) is 8.32. The van der Waals surface area contributed by atoms with Gasteiger partial charge in [-0.25, -0.2) is 8.42 Å². The molecule has 1 aliphatic heterocycles. The van der Waals surface area contributed by atoms with E-state index in [2.05, 4.69) is 4.90 Å². The summed E-state index contributed by atoms with van der Waals surface area (Å²) in [6.07, 6.45) is 2.33. The van der Waals surface area contributed by atoms with Crippen LogP contribution in [-0.2, 0) is 10.0 Å². The molecule has 1 saturated heterocycles. The highest BCUT2D eigenvalue weighted by Gasteiger charge is 2.13.